The number of carbonyl (C=O) groups excluding carboxylic acids is 4. The van der Waals surface area contributed by atoms with Gasteiger partial charge in [0.05, 0.1) is 26.3 Å². The fraction of sp³-hybridized carbons (Fsp3) is 0.360. The maximum absolute atomic E-state index is 13.5. The standard InChI is InChI=1S/C25H29N3O6/c1-5-16(6-2)23(30)26-28(24(31)17-10-8-7-9-11-17)20-15-22(29)27(25(20)32)19-14-18(33-3)12-13-21(19)34-4/h7-14,16,20H,5-6,15H2,1-4H3,(H,26,30). The van der Waals surface area contributed by atoms with E-state index in [9.17, 15) is 19.2 Å². The molecule has 1 N–H and O–H groups in total. The highest BCUT2D eigenvalue weighted by Gasteiger charge is 2.46. The minimum absolute atomic E-state index is 0.206. The molecule has 0 radical (unpaired) electrons. The molecule has 0 saturated carbocycles. The number of hydrogen-bond donors (Lipinski definition) is 1. The number of methoxy groups -OCH3 is 2. The molecule has 9 heteroatoms. The lowest BCUT2D eigenvalue weighted by atomic mass is 10.0. The molecular weight excluding hydrogens is 438 g/mol. The molecule has 1 fully saturated rings. The summed E-state index contributed by atoms with van der Waals surface area (Å²) in [7, 11) is 2.89. The maximum Gasteiger partial charge on any atom is 0.273 e. The first kappa shape index (κ1) is 24.8. The molecule has 1 aliphatic heterocycles. The third kappa shape index (κ3) is 4.88. The predicted octanol–water partition coefficient (Wildman–Crippen LogP) is 2.95. The van der Waals surface area contributed by atoms with E-state index < -0.39 is 23.8 Å². The zero-order valence-electron chi connectivity index (χ0n) is 19.7. The molecule has 1 atom stereocenters. The lowest BCUT2D eigenvalue weighted by molar-refractivity contribution is -0.132. The number of anilines is 1. The van der Waals surface area contributed by atoms with Crippen LogP contribution in [-0.4, -0.2) is 48.9 Å². The number of nitrogens with one attached hydrogen (secondary N) is 1. The Hall–Kier alpha value is -3.88. The van der Waals surface area contributed by atoms with Gasteiger partial charge < -0.3 is 9.47 Å². The number of carbonyl (C=O) groups is 4. The van der Waals surface area contributed by atoms with Crippen LogP contribution < -0.4 is 19.8 Å². The lowest BCUT2D eigenvalue weighted by Gasteiger charge is -2.29. The van der Waals surface area contributed by atoms with E-state index in [1.807, 2.05) is 13.8 Å². The van der Waals surface area contributed by atoms with E-state index in [0.717, 1.165) is 9.91 Å². The van der Waals surface area contributed by atoms with Crippen LogP contribution in [0.1, 0.15) is 43.5 Å². The summed E-state index contributed by atoms with van der Waals surface area (Å²) >= 11 is 0. The van der Waals surface area contributed by atoms with Crippen LogP contribution in [0.5, 0.6) is 11.5 Å². The Bertz CT molecular complexity index is 1070. The lowest BCUT2D eigenvalue weighted by Crippen LogP contribution is -2.55. The van der Waals surface area contributed by atoms with Gasteiger partial charge in [-0.3, -0.25) is 24.6 Å². The minimum Gasteiger partial charge on any atom is -0.497 e. The number of amides is 4. The number of benzene rings is 2. The molecule has 3 rings (SSSR count). The van der Waals surface area contributed by atoms with Gasteiger partial charge >= 0.3 is 0 Å². The highest BCUT2D eigenvalue weighted by molar-refractivity contribution is 6.24. The number of nitrogens with zero attached hydrogens (tertiary/aromatic N) is 2. The van der Waals surface area contributed by atoms with E-state index in [0.29, 0.717) is 24.3 Å². The van der Waals surface area contributed by atoms with E-state index in [1.54, 1.807) is 42.5 Å². The third-order valence-electron chi connectivity index (χ3n) is 5.89. The molecule has 1 heterocycles. The average Bonchev–Trinajstić information content (AvgIpc) is 3.16. The highest BCUT2D eigenvalue weighted by atomic mass is 16.5. The molecule has 2 aromatic rings. The number of hydrogen-bond acceptors (Lipinski definition) is 6. The van der Waals surface area contributed by atoms with Crippen LogP contribution in [0.3, 0.4) is 0 Å². The highest BCUT2D eigenvalue weighted by Crippen LogP contribution is 2.36. The molecule has 180 valence electrons. The first-order valence-corrected chi connectivity index (χ1v) is 11.1. The average molecular weight is 468 g/mol. The van der Waals surface area contributed by atoms with Crippen molar-refractivity contribution < 1.29 is 28.7 Å². The fourth-order valence-corrected chi connectivity index (χ4v) is 3.90. The topological polar surface area (TPSA) is 105 Å². The van der Waals surface area contributed by atoms with Crippen molar-refractivity contribution in [1.82, 2.24) is 10.4 Å². The molecule has 0 spiro atoms. The largest absolute Gasteiger partial charge is 0.497 e. The van der Waals surface area contributed by atoms with E-state index in [-0.39, 0.29) is 29.5 Å². The zero-order chi connectivity index (χ0) is 24.8. The van der Waals surface area contributed by atoms with Crippen LogP contribution >= 0.6 is 0 Å². The van der Waals surface area contributed by atoms with Gasteiger partial charge in [0.25, 0.3) is 11.8 Å². The van der Waals surface area contributed by atoms with Crippen molar-refractivity contribution in [3.8, 4) is 11.5 Å². The molecule has 1 aliphatic rings. The van der Waals surface area contributed by atoms with Gasteiger partial charge in [0.15, 0.2) is 0 Å². The number of rotatable bonds is 8. The molecule has 9 nitrogen and oxygen atoms in total. The Balaban J connectivity index is 2.00. The molecular formula is C25H29N3O6. The van der Waals surface area contributed by atoms with Crippen LogP contribution in [0.15, 0.2) is 48.5 Å². The second-order valence-electron chi connectivity index (χ2n) is 7.86. The van der Waals surface area contributed by atoms with Crippen molar-refractivity contribution in [3.63, 3.8) is 0 Å². The Morgan fingerprint density at radius 2 is 1.74 bits per heavy atom. The summed E-state index contributed by atoms with van der Waals surface area (Å²) in [5.74, 6) is -1.75. The molecule has 0 aromatic heterocycles. The SMILES string of the molecule is CCC(CC)C(=O)NN(C(=O)c1ccccc1)C1CC(=O)N(c2cc(OC)ccc2OC)C1=O. The molecule has 0 bridgehead atoms. The smallest absolute Gasteiger partial charge is 0.273 e. The summed E-state index contributed by atoms with van der Waals surface area (Å²) in [5, 5.41) is 0.989. The van der Waals surface area contributed by atoms with Gasteiger partial charge in [-0.05, 0) is 37.1 Å². The summed E-state index contributed by atoms with van der Waals surface area (Å²) in [6.45, 7) is 3.75. The van der Waals surface area contributed by atoms with Crippen molar-refractivity contribution in [1.29, 1.82) is 0 Å². The van der Waals surface area contributed by atoms with E-state index in [1.165, 1.54) is 20.3 Å². The van der Waals surface area contributed by atoms with E-state index >= 15 is 0 Å². The molecule has 2 aromatic carbocycles. The summed E-state index contributed by atoms with van der Waals surface area (Å²) in [6.07, 6.45) is 0.849. The first-order chi connectivity index (χ1) is 16.4. The normalized spacial score (nSPS) is 15.4. The number of imide groups is 1. The van der Waals surface area contributed by atoms with Gasteiger partial charge in [0, 0.05) is 17.5 Å². The second kappa shape index (κ2) is 10.8. The van der Waals surface area contributed by atoms with Crippen molar-refractivity contribution in [2.75, 3.05) is 19.1 Å². The van der Waals surface area contributed by atoms with Crippen LogP contribution in [0.4, 0.5) is 5.69 Å². The Morgan fingerprint density at radius 3 is 2.32 bits per heavy atom. The number of hydrazine groups is 1. The van der Waals surface area contributed by atoms with Gasteiger partial charge in [-0.25, -0.2) is 9.91 Å². The van der Waals surface area contributed by atoms with E-state index in [4.69, 9.17) is 9.47 Å². The quantitative estimate of drug-likeness (QED) is 0.473. The van der Waals surface area contributed by atoms with Crippen LogP contribution in [0.25, 0.3) is 0 Å². The van der Waals surface area contributed by atoms with Gasteiger partial charge in [0.2, 0.25) is 11.8 Å². The molecule has 4 amide bonds. The molecule has 1 saturated heterocycles. The molecule has 1 unspecified atom stereocenters. The minimum atomic E-state index is -1.21. The second-order valence-corrected chi connectivity index (χ2v) is 7.86. The van der Waals surface area contributed by atoms with Crippen LogP contribution in [-0.2, 0) is 14.4 Å². The van der Waals surface area contributed by atoms with Crippen molar-refractivity contribution in [3.05, 3.63) is 54.1 Å². The van der Waals surface area contributed by atoms with Crippen LogP contribution in [0.2, 0.25) is 0 Å². The summed E-state index contributed by atoms with van der Waals surface area (Å²) in [5.41, 5.74) is 3.11. The Labute approximate surface area is 198 Å². The maximum atomic E-state index is 13.5. The molecule has 0 aliphatic carbocycles. The fourth-order valence-electron chi connectivity index (χ4n) is 3.90. The summed E-state index contributed by atoms with van der Waals surface area (Å²) in [4.78, 5) is 53.8. The third-order valence-corrected chi connectivity index (χ3v) is 5.89. The van der Waals surface area contributed by atoms with Gasteiger partial charge in [-0.2, -0.15) is 0 Å². The summed E-state index contributed by atoms with van der Waals surface area (Å²) in [6, 6.07) is 11.8. The molecule has 34 heavy (non-hydrogen) atoms. The van der Waals surface area contributed by atoms with Crippen LogP contribution in [0, 0.1) is 5.92 Å². The van der Waals surface area contributed by atoms with Gasteiger partial charge in [-0.1, -0.05) is 32.0 Å². The Kier molecular flexibility index (Phi) is 7.88. The van der Waals surface area contributed by atoms with Gasteiger partial charge in [0.1, 0.15) is 17.5 Å². The summed E-state index contributed by atoms with van der Waals surface area (Å²) < 4.78 is 10.6. The van der Waals surface area contributed by atoms with E-state index in [2.05, 4.69) is 5.43 Å². The van der Waals surface area contributed by atoms with Crippen molar-refractivity contribution >= 4 is 29.3 Å². The van der Waals surface area contributed by atoms with Gasteiger partial charge in [-0.15, -0.1) is 0 Å². The predicted molar refractivity (Wildman–Crippen MR) is 125 cm³/mol. The van der Waals surface area contributed by atoms with Crippen molar-refractivity contribution in [2.24, 2.45) is 5.92 Å². The Morgan fingerprint density at radius 1 is 1.06 bits per heavy atom. The zero-order valence-corrected chi connectivity index (χ0v) is 19.7. The first-order valence-electron chi connectivity index (χ1n) is 11.1. The van der Waals surface area contributed by atoms with Crippen molar-refractivity contribution in [2.45, 2.75) is 39.2 Å². The monoisotopic (exact) mass is 467 g/mol. The number of ether oxygens (including phenoxy) is 2.